The van der Waals surface area contributed by atoms with E-state index >= 15 is 0 Å². The van der Waals surface area contributed by atoms with Crippen molar-refractivity contribution in [3.05, 3.63) is 76.4 Å². The number of halogens is 3. The van der Waals surface area contributed by atoms with Gasteiger partial charge in [0.15, 0.2) is 0 Å². The number of nitrogens with zero attached hydrogens (tertiary/aromatic N) is 1. The first-order valence-corrected chi connectivity index (χ1v) is 11.7. The van der Waals surface area contributed by atoms with Crippen LogP contribution in [0.1, 0.15) is 30.9 Å². The average Bonchev–Trinajstić information content (AvgIpc) is 2.73. The molecule has 1 aromatic heterocycles. The molecular formula is C23H21ClF2N2O4S. The van der Waals surface area contributed by atoms with Gasteiger partial charge in [-0.3, -0.25) is 4.79 Å². The summed E-state index contributed by atoms with van der Waals surface area (Å²) in [4.78, 5) is 16.1. The lowest BCUT2D eigenvalue weighted by Gasteiger charge is -2.18. The van der Waals surface area contributed by atoms with Gasteiger partial charge in [-0.1, -0.05) is 25.4 Å². The van der Waals surface area contributed by atoms with Crippen LogP contribution in [-0.4, -0.2) is 26.4 Å². The number of benzene rings is 2. The SMILES string of the molecule is COc1cc(-c2cc(F)cc(C(C)C)c2CC(=O)NS(=O)(=O)c2ccc(Cl)cc2F)ccn1. The van der Waals surface area contributed by atoms with Crippen LogP contribution in [0.3, 0.4) is 0 Å². The molecule has 0 fully saturated rings. The van der Waals surface area contributed by atoms with E-state index in [1.165, 1.54) is 31.5 Å². The van der Waals surface area contributed by atoms with Crippen LogP contribution in [0.5, 0.6) is 5.88 Å². The molecule has 0 unspecified atom stereocenters. The Kier molecular flexibility index (Phi) is 7.34. The van der Waals surface area contributed by atoms with E-state index in [0.29, 0.717) is 28.1 Å². The first kappa shape index (κ1) is 24.6. The third kappa shape index (κ3) is 5.66. The van der Waals surface area contributed by atoms with Crippen molar-refractivity contribution in [1.82, 2.24) is 9.71 Å². The molecule has 0 radical (unpaired) electrons. The lowest BCUT2D eigenvalue weighted by atomic mass is 9.88. The topological polar surface area (TPSA) is 85.4 Å². The number of carbonyl (C=O) groups excluding carboxylic acids is 1. The van der Waals surface area contributed by atoms with Gasteiger partial charge in [-0.05, 0) is 64.6 Å². The van der Waals surface area contributed by atoms with Crippen molar-refractivity contribution in [2.24, 2.45) is 0 Å². The Morgan fingerprint density at radius 2 is 1.88 bits per heavy atom. The van der Waals surface area contributed by atoms with Crippen LogP contribution in [0, 0.1) is 11.6 Å². The molecule has 1 N–H and O–H groups in total. The highest BCUT2D eigenvalue weighted by Gasteiger charge is 2.24. The minimum atomic E-state index is -4.49. The molecule has 3 aromatic rings. The second kappa shape index (κ2) is 9.84. The Bertz CT molecular complexity index is 1310. The highest BCUT2D eigenvalue weighted by Crippen LogP contribution is 2.33. The predicted molar refractivity (Wildman–Crippen MR) is 121 cm³/mol. The van der Waals surface area contributed by atoms with Crippen molar-refractivity contribution in [3.8, 4) is 17.0 Å². The number of rotatable bonds is 7. The third-order valence-corrected chi connectivity index (χ3v) is 6.54. The number of nitrogens with one attached hydrogen (secondary N) is 1. The molecule has 0 spiro atoms. The number of methoxy groups -OCH3 is 1. The molecule has 1 amide bonds. The maximum Gasteiger partial charge on any atom is 0.266 e. The van der Waals surface area contributed by atoms with E-state index in [1.54, 1.807) is 12.1 Å². The molecule has 174 valence electrons. The molecule has 33 heavy (non-hydrogen) atoms. The molecule has 2 aromatic carbocycles. The van der Waals surface area contributed by atoms with Crippen LogP contribution in [0.25, 0.3) is 11.1 Å². The number of ether oxygens (including phenoxy) is 1. The first-order chi connectivity index (χ1) is 15.5. The quantitative estimate of drug-likeness (QED) is 0.507. The molecule has 6 nitrogen and oxygen atoms in total. The fourth-order valence-corrected chi connectivity index (χ4v) is 4.61. The van der Waals surface area contributed by atoms with Crippen molar-refractivity contribution in [2.45, 2.75) is 31.1 Å². The molecule has 0 saturated heterocycles. The van der Waals surface area contributed by atoms with E-state index in [9.17, 15) is 22.0 Å². The molecule has 10 heteroatoms. The lowest BCUT2D eigenvalue weighted by molar-refractivity contribution is -0.118. The summed E-state index contributed by atoms with van der Waals surface area (Å²) in [5.74, 6) is -2.38. The summed E-state index contributed by atoms with van der Waals surface area (Å²) in [7, 11) is -3.06. The Morgan fingerprint density at radius 1 is 1.15 bits per heavy atom. The van der Waals surface area contributed by atoms with Crippen LogP contribution in [0.15, 0.2) is 53.6 Å². The number of aromatic nitrogens is 1. The summed E-state index contributed by atoms with van der Waals surface area (Å²) < 4.78 is 60.7. The molecule has 3 rings (SSSR count). The van der Waals surface area contributed by atoms with Crippen molar-refractivity contribution in [1.29, 1.82) is 0 Å². The maximum atomic E-state index is 14.4. The number of amides is 1. The van der Waals surface area contributed by atoms with Gasteiger partial charge in [0.05, 0.1) is 13.5 Å². The monoisotopic (exact) mass is 494 g/mol. The van der Waals surface area contributed by atoms with Gasteiger partial charge in [-0.15, -0.1) is 0 Å². The minimum Gasteiger partial charge on any atom is -0.481 e. The van der Waals surface area contributed by atoms with Gasteiger partial charge < -0.3 is 4.74 Å². The standard InChI is InChI=1S/C23H21ClF2N2O4S/c1-13(2)17-10-16(25)11-18(14-6-7-27-23(8-14)32-3)19(17)12-22(29)28-33(30,31)21-5-4-15(24)9-20(21)26/h4-11,13H,12H2,1-3H3,(H,28,29). The largest absolute Gasteiger partial charge is 0.481 e. The summed E-state index contributed by atoms with van der Waals surface area (Å²) in [6.07, 6.45) is 1.09. The zero-order valence-corrected chi connectivity index (χ0v) is 19.6. The van der Waals surface area contributed by atoms with E-state index in [1.807, 2.05) is 18.6 Å². The second-order valence-corrected chi connectivity index (χ2v) is 9.63. The lowest BCUT2D eigenvalue weighted by Crippen LogP contribution is -2.32. The molecule has 1 heterocycles. The number of pyridine rings is 1. The summed E-state index contributed by atoms with van der Waals surface area (Å²) in [5.41, 5.74) is 1.90. The molecule has 0 aliphatic carbocycles. The van der Waals surface area contributed by atoms with Gasteiger partial charge >= 0.3 is 0 Å². The number of hydrogen-bond donors (Lipinski definition) is 1. The highest BCUT2D eigenvalue weighted by atomic mass is 35.5. The zero-order valence-electron chi connectivity index (χ0n) is 18.0. The summed E-state index contributed by atoms with van der Waals surface area (Å²) in [6.45, 7) is 3.65. The number of carbonyl (C=O) groups is 1. The summed E-state index contributed by atoms with van der Waals surface area (Å²) in [5, 5.41) is 0.0167. The normalized spacial score (nSPS) is 11.5. The zero-order chi connectivity index (χ0) is 24.3. The minimum absolute atomic E-state index is 0.0167. The molecule has 0 atom stereocenters. The van der Waals surface area contributed by atoms with E-state index in [4.69, 9.17) is 16.3 Å². The van der Waals surface area contributed by atoms with Gasteiger partial charge in [-0.2, -0.15) is 0 Å². The molecule has 0 aliphatic heterocycles. The van der Waals surface area contributed by atoms with Crippen LogP contribution >= 0.6 is 11.6 Å². The Hall–Kier alpha value is -3.04. The molecule has 0 saturated carbocycles. The second-order valence-electron chi connectivity index (χ2n) is 7.54. The van der Waals surface area contributed by atoms with Crippen LogP contribution in [-0.2, 0) is 21.2 Å². The van der Waals surface area contributed by atoms with E-state index in [0.717, 1.165) is 12.1 Å². The van der Waals surface area contributed by atoms with Gasteiger partial charge in [0, 0.05) is 17.3 Å². The van der Waals surface area contributed by atoms with E-state index < -0.39 is 32.5 Å². The third-order valence-electron chi connectivity index (χ3n) is 4.90. The fourth-order valence-electron chi connectivity index (χ4n) is 3.41. The number of sulfonamides is 1. The van der Waals surface area contributed by atoms with Gasteiger partial charge in [0.2, 0.25) is 11.8 Å². The number of hydrogen-bond acceptors (Lipinski definition) is 5. The van der Waals surface area contributed by atoms with Crippen molar-refractivity contribution < 1.29 is 26.7 Å². The summed E-state index contributed by atoms with van der Waals surface area (Å²) in [6, 6.07) is 8.79. The van der Waals surface area contributed by atoms with E-state index in [-0.39, 0.29) is 17.4 Å². The fraction of sp³-hybridized carbons (Fsp3) is 0.217. The highest BCUT2D eigenvalue weighted by molar-refractivity contribution is 7.90. The van der Waals surface area contributed by atoms with Crippen molar-refractivity contribution in [2.75, 3.05) is 7.11 Å². The van der Waals surface area contributed by atoms with Gasteiger partial charge in [0.25, 0.3) is 10.0 Å². The Labute approximate surface area is 195 Å². The molecule has 0 bridgehead atoms. The van der Waals surface area contributed by atoms with Crippen LogP contribution < -0.4 is 9.46 Å². The van der Waals surface area contributed by atoms with Gasteiger partial charge in [0.1, 0.15) is 16.5 Å². The smallest absolute Gasteiger partial charge is 0.266 e. The average molecular weight is 495 g/mol. The Morgan fingerprint density at radius 3 is 2.52 bits per heavy atom. The predicted octanol–water partition coefficient (Wildman–Crippen LogP) is 4.86. The molecular weight excluding hydrogens is 474 g/mol. The first-order valence-electron chi connectivity index (χ1n) is 9.85. The Balaban J connectivity index is 2.02. The van der Waals surface area contributed by atoms with Gasteiger partial charge in [-0.25, -0.2) is 26.9 Å². The van der Waals surface area contributed by atoms with Crippen LogP contribution in [0.4, 0.5) is 8.78 Å². The van der Waals surface area contributed by atoms with Crippen molar-refractivity contribution >= 4 is 27.5 Å². The van der Waals surface area contributed by atoms with Crippen molar-refractivity contribution in [3.63, 3.8) is 0 Å². The summed E-state index contributed by atoms with van der Waals surface area (Å²) >= 11 is 5.67. The van der Waals surface area contributed by atoms with Crippen LogP contribution in [0.2, 0.25) is 5.02 Å². The van der Waals surface area contributed by atoms with E-state index in [2.05, 4.69) is 4.98 Å². The maximum absolute atomic E-state index is 14.4. The molecule has 0 aliphatic rings.